The summed E-state index contributed by atoms with van der Waals surface area (Å²) < 4.78 is 52.4. The normalized spacial score (nSPS) is 25.7. The average molecular weight is 590 g/mol. The van der Waals surface area contributed by atoms with Crippen molar-refractivity contribution in [2.75, 3.05) is 18.6 Å². The number of esters is 1. The average Bonchev–Trinajstić information content (AvgIpc) is 3.10. The number of aliphatic hydroxyl groups is 1. The zero-order valence-corrected chi connectivity index (χ0v) is 24.0. The molecule has 14 heteroatoms. The van der Waals surface area contributed by atoms with Crippen LogP contribution in [0.15, 0.2) is 47.4 Å². The second kappa shape index (κ2) is 11.9. The van der Waals surface area contributed by atoms with Gasteiger partial charge in [0.25, 0.3) is 0 Å². The van der Waals surface area contributed by atoms with E-state index in [4.69, 9.17) is 35.9 Å². The number of para-hydroxylation sites is 1. The van der Waals surface area contributed by atoms with Crippen LogP contribution >= 0.6 is 19.2 Å². The molecule has 0 aliphatic carbocycles. The summed E-state index contributed by atoms with van der Waals surface area (Å²) in [6.07, 6.45) is -4.19. The van der Waals surface area contributed by atoms with Crippen LogP contribution in [0.5, 0.6) is 5.75 Å². The molecule has 0 amide bonds. The molecule has 1 saturated heterocycles. The number of carbonyl (C=O) groups excluding carboxylic acids is 1. The number of nitrogen functional groups attached to an aromatic ring is 1. The number of aromatic nitrogens is 2. The van der Waals surface area contributed by atoms with Crippen LogP contribution in [0.1, 0.15) is 40.8 Å². The number of alkyl halides is 2. The van der Waals surface area contributed by atoms with Gasteiger partial charge in [-0.25, -0.2) is 13.8 Å². The van der Waals surface area contributed by atoms with Gasteiger partial charge in [0, 0.05) is 6.20 Å². The summed E-state index contributed by atoms with van der Waals surface area (Å²) in [5, 5.41) is 11.1. The molecule has 3 rings (SSSR count). The van der Waals surface area contributed by atoms with Crippen LogP contribution in [0, 0.1) is 5.92 Å². The molecular weight excluding hydrogens is 556 g/mol. The Morgan fingerprint density at radius 1 is 1.31 bits per heavy atom. The van der Waals surface area contributed by atoms with Crippen LogP contribution in [0.2, 0.25) is 0 Å². The van der Waals surface area contributed by atoms with Crippen LogP contribution in [-0.2, 0) is 23.4 Å². The molecule has 2 unspecified atom stereocenters. The van der Waals surface area contributed by atoms with Crippen molar-refractivity contribution in [1.29, 1.82) is 0 Å². The lowest BCUT2D eigenvalue weighted by Gasteiger charge is -2.36. The first-order valence-electron chi connectivity index (χ1n) is 12.3. The monoisotopic (exact) mass is 589 g/mol. The van der Waals surface area contributed by atoms with Gasteiger partial charge in [-0.15, -0.1) is 11.6 Å². The molecule has 1 aromatic carbocycles. The first-order valence-corrected chi connectivity index (χ1v) is 14.4. The Kier molecular flexibility index (Phi) is 9.50. The van der Waals surface area contributed by atoms with Gasteiger partial charge >= 0.3 is 19.3 Å². The quantitative estimate of drug-likeness (QED) is 0.225. The smallest absolute Gasteiger partial charge is 0.380 e. The summed E-state index contributed by atoms with van der Waals surface area (Å²) >= 11 is 6.51. The Morgan fingerprint density at radius 2 is 1.95 bits per heavy atom. The lowest BCUT2D eigenvalue weighted by Crippen LogP contribution is -2.51. The molecule has 2 aromatic rings. The molecule has 1 aliphatic rings. The summed E-state index contributed by atoms with van der Waals surface area (Å²) in [6, 6.07) is 9.48. The number of anilines is 1. The number of nitrogens with zero attached hydrogens (tertiary/aromatic N) is 2. The fraction of sp³-hybridized carbons (Fsp3) is 0.560. The van der Waals surface area contributed by atoms with Crippen molar-refractivity contribution >= 4 is 31.0 Å². The first kappa shape index (κ1) is 31.0. The number of aliphatic hydroxyl groups excluding tert-OH is 1. The molecule has 39 heavy (non-hydrogen) atoms. The summed E-state index contributed by atoms with van der Waals surface area (Å²) in [7, 11) is -4.18. The second-order valence-corrected chi connectivity index (χ2v) is 12.9. The third-order valence-electron chi connectivity index (χ3n) is 6.07. The Hall–Kier alpha value is -2.50. The van der Waals surface area contributed by atoms with Crippen molar-refractivity contribution in [3.8, 4) is 5.75 Å². The number of rotatable bonds is 11. The number of ether oxygens (including phenoxy) is 2. The van der Waals surface area contributed by atoms with E-state index >= 15 is 0 Å². The maximum atomic E-state index is 14.3. The minimum Gasteiger partial charge on any atom is -0.463 e. The van der Waals surface area contributed by atoms with E-state index in [-0.39, 0.29) is 17.7 Å². The third kappa shape index (κ3) is 6.99. The van der Waals surface area contributed by atoms with E-state index in [9.17, 15) is 23.7 Å². The van der Waals surface area contributed by atoms with Gasteiger partial charge in [-0.3, -0.25) is 13.9 Å². The van der Waals surface area contributed by atoms with E-state index in [1.54, 1.807) is 44.2 Å². The molecule has 216 valence electrons. The van der Waals surface area contributed by atoms with Crippen LogP contribution in [0.3, 0.4) is 0 Å². The number of halogens is 2. The number of benzene rings is 1. The summed E-state index contributed by atoms with van der Waals surface area (Å²) in [5.74, 6) is -1.36. The lowest BCUT2D eigenvalue weighted by atomic mass is 9.91. The van der Waals surface area contributed by atoms with Gasteiger partial charge in [0.15, 0.2) is 6.23 Å². The number of nitrogens with two attached hydrogens (primary N) is 1. The fourth-order valence-electron chi connectivity index (χ4n) is 4.22. The van der Waals surface area contributed by atoms with Crippen molar-refractivity contribution in [3.63, 3.8) is 0 Å². The lowest BCUT2D eigenvalue weighted by molar-refractivity contribution is -0.151. The van der Waals surface area contributed by atoms with Gasteiger partial charge in [-0.05, 0) is 45.9 Å². The predicted octanol–water partition coefficient (Wildman–Crippen LogP) is 3.69. The molecule has 1 aliphatic heterocycles. The summed E-state index contributed by atoms with van der Waals surface area (Å²) in [6.45, 7) is 6.49. The second-order valence-electron chi connectivity index (χ2n) is 10.2. The van der Waals surface area contributed by atoms with Crippen LogP contribution in [-0.4, -0.2) is 62.3 Å². The Bertz CT molecular complexity index is 1260. The van der Waals surface area contributed by atoms with E-state index in [0.717, 1.165) is 4.57 Å². The molecule has 0 spiro atoms. The fourth-order valence-corrected chi connectivity index (χ4v) is 6.76. The molecule has 1 fully saturated rings. The van der Waals surface area contributed by atoms with Gasteiger partial charge in [-0.2, -0.15) is 4.98 Å². The Morgan fingerprint density at radius 3 is 2.51 bits per heavy atom. The third-order valence-corrected chi connectivity index (χ3v) is 8.82. The predicted molar refractivity (Wildman–Crippen MR) is 142 cm³/mol. The summed E-state index contributed by atoms with van der Waals surface area (Å²) in [4.78, 5) is 26.5. The van der Waals surface area contributed by atoms with Crippen molar-refractivity contribution < 1.29 is 37.4 Å². The van der Waals surface area contributed by atoms with Crippen molar-refractivity contribution in [1.82, 2.24) is 9.55 Å². The highest BCUT2D eigenvalue weighted by Gasteiger charge is 2.62. The highest BCUT2D eigenvalue weighted by Crippen LogP contribution is 2.56. The van der Waals surface area contributed by atoms with Gasteiger partial charge in [-0.1, -0.05) is 25.1 Å². The largest absolute Gasteiger partial charge is 0.463 e. The topological polar surface area (TPSA) is 152 Å². The zero-order chi connectivity index (χ0) is 29.2. The Labute approximate surface area is 230 Å². The summed E-state index contributed by atoms with van der Waals surface area (Å²) in [5.41, 5.74) is 3.04. The molecular formula is C25H34ClFN3O8P. The van der Waals surface area contributed by atoms with Gasteiger partial charge in [0.1, 0.15) is 40.9 Å². The van der Waals surface area contributed by atoms with E-state index in [0.29, 0.717) is 0 Å². The highest BCUT2D eigenvalue weighted by atomic mass is 35.5. The molecule has 1 aromatic heterocycles. The van der Waals surface area contributed by atoms with Crippen LogP contribution < -0.4 is 15.9 Å². The van der Waals surface area contributed by atoms with Crippen molar-refractivity contribution in [3.05, 3.63) is 53.1 Å². The molecule has 0 saturated carbocycles. The molecule has 6 atom stereocenters. The standard InChI is InChI=1S/C25H34ClFN3O8P/c1-15(2)35-21(32)16(3)13-39(34,37-17-9-7-6-8-10-17)38-24(4,5)20-19(31)25(26,14-27)22(36-20)30-12-11-18(28)29-23(30)33/h6-12,15-16,19-20,22,31H,13-14H2,1-5H3,(H2,28,29,33)/t16-,19+,20+,22-,25?,39?/m1/s1. The first-order chi connectivity index (χ1) is 18.1. The van der Waals surface area contributed by atoms with Crippen LogP contribution in [0.25, 0.3) is 0 Å². The van der Waals surface area contributed by atoms with E-state index in [1.165, 1.54) is 33.0 Å². The van der Waals surface area contributed by atoms with Crippen LogP contribution in [0.4, 0.5) is 10.2 Å². The minimum absolute atomic E-state index is 0.0699. The van der Waals surface area contributed by atoms with Crippen molar-refractivity contribution in [2.24, 2.45) is 5.92 Å². The molecule has 0 bridgehead atoms. The minimum atomic E-state index is -4.18. The maximum absolute atomic E-state index is 14.3. The SMILES string of the molecule is CC(C)OC(=O)[C@H](C)CP(=O)(Oc1ccccc1)OC(C)(C)[C@H]1O[C@@H](n2ccc(N)nc2=O)C(Cl)(CF)[C@H]1O. The zero-order valence-electron chi connectivity index (χ0n) is 22.3. The highest BCUT2D eigenvalue weighted by molar-refractivity contribution is 7.54. The number of hydrogen-bond acceptors (Lipinski definition) is 10. The molecule has 0 radical (unpaired) electrons. The number of hydrogen-bond donors (Lipinski definition) is 2. The molecule has 11 nitrogen and oxygen atoms in total. The van der Waals surface area contributed by atoms with E-state index in [1.807, 2.05) is 0 Å². The van der Waals surface area contributed by atoms with Gasteiger partial charge in [0.2, 0.25) is 0 Å². The Balaban J connectivity index is 1.95. The van der Waals surface area contributed by atoms with Gasteiger partial charge < -0.3 is 24.8 Å². The molecule has 2 heterocycles. The molecule has 3 N–H and O–H groups in total. The van der Waals surface area contributed by atoms with Gasteiger partial charge in [0.05, 0.1) is 18.2 Å². The maximum Gasteiger partial charge on any atom is 0.380 e. The van der Waals surface area contributed by atoms with E-state index in [2.05, 4.69) is 4.98 Å². The van der Waals surface area contributed by atoms with Crippen molar-refractivity contribution in [2.45, 2.75) is 69.6 Å². The van der Waals surface area contributed by atoms with E-state index < -0.39 is 66.9 Å². The number of carbonyl (C=O) groups is 1.